The first-order valence-corrected chi connectivity index (χ1v) is 6.26. The van der Waals surface area contributed by atoms with Crippen LogP contribution in [0, 0.1) is 6.92 Å². The van der Waals surface area contributed by atoms with Gasteiger partial charge in [0.15, 0.2) is 5.78 Å². The molecular weight excluding hydrogens is 254 g/mol. The molecule has 2 rings (SSSR count). The van der Waals surface area contributed by atoms with Crippen LogP contribution in [0.15, 0.2) is 30.5 Å². The molecule has 0 spiro atoms. The summed E-state index contributed by atoms with van der Waals surface area (Å²) < 4.78 is 10.8. The second-order valence-electron chi connectivity index (χ2n) is 4.53. The van der Waals surface area contributed by atoms with Gasteiger partial charge in [-0.3, -0.25) is 9.78 Å². The Morgan fingerprint density at radius 3 is 2.10 bits per heavy atom. The maximum atomic E-state index is 11.3. The summed E-state index contributed by atoms with van der Waals surface area (Å²) >= 11 is 0. The molecule has 0 fully saturated rings. The molecule has 0 saturated carbocycles. The molecule has 0 aliphatic heterocycles. The quantitative estimate of drug-likeness (QED) is 0.801. The largest absolute Gasteiger partial charge is 0.496 e. The number of aryl methyl sites for hydroxylation is 1. The average molecular weight is 271 g/mol. The molecule has 2 aromatic rings. The Morgan fingerprint density at radius 2 is 1.70 bits per heavy atom. The molecule has 4 nitrogen and oxygen atoms in total. The first kappa shape index (κ1) is 14.1. The van der Waals surface area contributed by atoms with Crippen molar-refractivity contribution < 1.29 is 14.3 Å². The number of hydrogen-bond acceptors (Lipinski definition) is 4. The van der Waals surface area contributed by atoms with Crippen LogP contribution in [0.3, 0.4) is 0 Å². The fourth-order valence-electron chi connectivity index (χ4n) is 2.05. The van der Waals surface area contributed by atoms with Crippen molar-refractivity contribution in [2.24, 2.45) is 0 Å². The predicted molar refractivity (Wildman–Crippen MR) is 77.5 cm³/mol. The minimum absolute atomic E-state index is 0.00751. The smallest absolute Gasteiger partial charge is 0.161 e. The van der Waals surface area contributed by atoms with E-state index in [0.29, 0.717) is 22.8 Å². The van der Waals surface area contributed by atoms with Gasteiger partial charge in [-0.25, -0.2) is 0 Å². The van der Waals surface area contributed by atoms with E-state index in [-0.39, 0.29) is 5.78 Å². The van der Waals surface area contributed by atoms with E-state index in [1.54, 1.807) is 32.5 Å². The van der Waals surface area contributed by atoms with Crippen LogP contribution in [0.1, 0.15) is 22.8 Å². The normalized spacial score (nSPS) is 10.2. The van der Waals surface area contributed by atoms with Gasteiger partial charge < -0.3 is 9.47 Å². The SMILES string of the molecule is COc1cc(C)cc(OC)c1-c1ccc(C(C)=O)cn1. The van der Waals surface area contributed by atoms with Crippen molar-refractivity contribution in [3.8, 4) is 22.8 Å². The number of pyridine rings is 1. The summed E-state index contributed by atoms with van der Waals surface area (Å²) in [4.78, 5) is 15.6. The third kappa shape index (κ3) is 2.64. The molecule has 0 unspecified atom stereocenters. The van der Waals surface area contributed by atoms with Crippen LogP contribution < -0.4 is 9.47 Å². The van der Waals surface area contributed by atoms with E-state index in [1.807, 2.05) is 19.1 Å². The van der Waals surface area contributed by atoms with E-state index in [4.69, 9.17) is 9.47 Å². The topological polar surface area (TPSA) is 48.4 Å². The average Bonchev–Trinajstić information content (AvgIpc) is 2.46. The molecule has 0 saturated heterocycles. The molecule has 0 radical (unpaired) electrons. The lowest BCUT2D eigenvalue weighted by molar-refractivity contribution is 0.101. The third-order valence-electron chi connectivity index (χ3n) is 3.08. The molecule has 4 heteroatoms. The second-order valence-corrected chi connectivity index (χ2v) is 4.53. The van der Waals surface area contributed by atoms with Gasteiger partial charge in [-0.1, -0.05) is 0 Å². The zero-order chi connectivity index (χ0) is 14.7. The van der Waals surface area contributed by atoms with E-state index in [1.165, 1.54) is 6.92 Å². The van der Waals surface area contributed by atoms with E-state index in [2.05, 4.69) is 4.98 Å². The molecule has 1 heterocycles. The van der Waals surface area contributed by atoms with Gasteiger partial charge in [-0.05, 0) is 43.7 Å². The zero-order valence-corrected chi connectivity index (χ0v) is 12.1. The van der Waals surface area contributed by atoms with Gasteiger partial charge in [-0.15, -0.1) is 0 Å². The lowest BCUT2D eigenvalue weighted by atomic mass is 10.0. The van der Waals surface area contributed by atoms with Gasteiger partial charge >= 0.3 is 0 Å². The zero-order valence-electron chi connectivity index (χ0n) is 12.1. The first-order valence-electron chi connectivity index (χ1n) is 6.26. The number of benzene rings is 1. The highest BCUT2D eigenvalue weighted by molar-refractivity contribution is 5.94. The minimum Gasteiger partial charge on any atom is -0.496 e. The summed E-state index contributed by atoms with van der Waals surface area (Å²) in [7, 11) is 3.23. The van der Waals surface area contributed by atoms with Crippen LogP contribution in [0.5, 0.6) is 11.5 Å². The lowest BCUT2D eigenvalue weighted by Crippen LogP contribution is -1.98. The molecular formula is C16H17NO3. The number of ketones is 1. The predicted octanol–water partition coefficient (Wildman–Crippen LogP) is 3.28. The standard InChI is InChI=1S/C16H17NO3/c1-10-7-14(19-3)16(15(8-10)20-4)13-6-5-12(9-17-13)11(2)18/h5-9H,1-4H3. The number of methoxy groups -OCH3 is 2. The Bertz CT molecular complexity index is 608. The van der Waals surface area contributed by atoms with Crippen LogP contribution in [0.4, 0.5) is 0 Å². The summed E-state index contributed by atoms with van der Waals surface area (Å²) in [5.74, 6) is 1.39. The highest BCUT2D eigenvalue weighted by atomic mass is 16.5. The van der Waals surface area contributed by atoms with Gasteiger partial charge in [0.2, 0.25) is 0 Å². The van der Waals surface area contributed by atoms with Gasteiger partial charge in [0.05, 0.1) is 25.5 Å². The molecule has 20 heavy (non-hydrogen) atoms. The van der Waals surface area contributed by atoms with Crippen LogP contribution in [-0.2, 0) is 0 Å². The highest BCUT2D eigenvalue weighted by Gasteiger charge is 2.15. The molecule has 0 aliphatic rings. The number of hydrogen-bond donors (Lipinski definition) is 0. The number of rotatable bonds is 4. The minimum atomic E-state index is -0.00751. The lowest BCUT2D eigenvalue weighted by Gasteiger charge is -2.14. The van der Waals surface area contributed by atoms with Crippen LogP contribution in [-0.4, -0.2) is 25.0 Å². The van der Waals surface area contributed by atoms with Crippen molar-refractivity contribution in [2.45, 2.75) is 13.8 Å². The molecule has 104 valence electrons. The third-order valence-corrected chi connectivity index (χ3v) is 3.08. The molecule has 0 aliphatic carbocycles. The van der Waals surface area contributed by atoms with Crippen molar-refractivity contribution >= 4 is 5.78 Å². The number of carbonyl (C=O) groups is 1. The Morgan fingerprint density at radius 1 is 1.10 bits per heavy atom. The van der Waals surface area contributed by atoms with Crippen LogP contribution in [0.25, 0.3) is 11.3 Å². The number of nitrogens with zero attached hydrogens (tertiary/aromatic N) is 1. The summed E-state index contributed by atoms with van der Waals surface area (Å²) in [6.07, 6.45) is 1.57. The van der Waals surface area contributed by atoms with Gasteiger partial charge in [0.25, 0.3) is 0 Å². The number of Topliss-reactive ketones (excluding diaryl/α,β-unsaturated/α-hetero) is 1. The fourth-order valence-corrected chi connectivity index (χ4v) is 2.05. The van der Waals surface area contributed by atoms with Crippen molar-refractivity contribution in [3.05, 3.63) is 41.6 Å². The van der Waals surface area contributed by atoms with Crippen molar-refractivity contribution in [1.29, 1.82) is 0 Å². The Labute approximate surface area is 118 Å². The van der Waals surface area contributed by atoms with E-state index >= 15 is 0 Å². The monoisotopic (exact) mass is 271 g/mol. The summed E-state index contributed by atoms with van der Waals surface area (Å²) in [6.45, 7) is 3.49. The molecule has 0 N–H and O–H groups in total. The van der Waals surface area contributed by atoms with E-state index in [9.17, 15) is 4.79 Å². The summed E-state index contributed by atoms with van der Waals surface area (Å²) in [6, 6.07) is 7.41. The number of carbonyl (C=O) groups excluding carboxylic acids is 1. The fraction of sp³-hybridized carbons (Fsp3) is 0.250. The Kier molecular flexibility index (Phi) is 4.03. The maximum absolute atomic E-state index is 11.3. The van der Waals surface area contributed by atoms with Crippen molar-refractivity contribution in [2.75, 3.05) is 14.2 Å². The van der Waals surface area contributed by atoms with E-state index < -0.39 is 0 Å². The molecule has 0 amide bonds. The van der Waals surface area contributed by atoms with Crippen LogP contribution in [0.2, 0.25) is 0 Å². The maximum Gasteiger partial charge on any atom is 0.161 e. The molecule has 0 bridgehead atoms. The highest BCUT2D eigenvalue weighted by Crippen LogP contribution is 2.38. The first-order chi connectivity index (χ1) is 9.56. The van der Waals surface area contributed by atoms with Gasteiger partial charge in [0, 0.05) is 11.8 Å². The summed E-state index contributed by atoms with van der Waals surface area (Å²) in [5.41, 5.74) is 3.13. The Balaban J connectivity index is 2.58. The van der Waals surface area contributed by atoms with Gasteiger partial charge in [-0.2, -0.15) is 0 Å². The number of ether oxygens (including phenoxy) is 2. The molecule has 1 aromatic heterocycles. The molecule has 1 aromatic carbocycles. The number of aromatic nitrogens is 1. The van der Waals surface area contributed by atoms with Gasteiger partial charge in [0.1, 0.15) is 11.5 Å². The van der Waals surface area contributed by atoms with Crippen molar-refractivity contribution in [1.82, 2.24) is 4.98 Å². The summed E-state index contributed by atoms with van der Waals surface area (Å²) in [5, 5.41) is 0. The van der Waals surface area contributed by atoms with Crippen molar-refractivity contribution in [3.63, 3.8) is 0 Å². The molecule has 0 atom stereocenters. The second kappa shape index (κ2) is 5.74. The van der Waals surface area contributed by atoms with E-state index in [0.717, 1.165) is 11.1 Å². The Hall–Kier alpha value is -2.36. The van der Waals surface area contributed by atoms with Crippen LogP contribution >= 0.6 is 0 Å².